The van der Waals surface area contributed by atoms with E-state index in [4.69, 9.17) is 0 Å². The second-order valence-corrected chi connectivity index (χ2v) is 5.40. The molecule has 66 valence electrons. The normalized spacial score (nSPS) is 10.3. The number of nitrogens with zero attached hydrogens (tertiary/aromatic N) is 1. The molecule has 0 bridgehead atoms. The van der Waals surface area contributed by atoms with E-state index < -0.39 is 0 Å². The van der Waals surface area contributed by atoms with Gasteiger partial charge in [-0.05, 0) is 34.7 Å². The Kier molecular flexibility index (Phi) is 2.59. The molecule has 0 aliphatic rings. The standard InChI is InChI=1S/C9H5FINS/c10-7-3-1-2-6(4-7)9-12-5-8(11)13-9/h1-5H. The number of aromatic nitrogens is 1. The minimum atomic E-state index is -0.220. The first kappa shape index (κ1) is 9.08. The first-order valence-electron chi connectivity index (χ1n) is 3.63. The van der Waals surface area contributed by atoms with E-state index in [1.54, 1.807) is 23.6 Å². The summed E-state index contributed by atoms with van der Waals surface area (Å²) in [5, 5.41) is 0.865. The molecule has 0 radical (unpaired) electrons. The van der Waals surface area contributed by atoms with Crippen LogP contribution < -0.4 is 0 Å². The van der Waals surface area contributed by atoms with Gasteiger partial charge in [-0.25, -0.2) is 9.37 Å². The third kappa shape index (κ3) is 2.05. The van der Waals surface area contributed by atoms with Gasteiger partial charge in [-0.3, -0.25) is 0 Å². The molecule has 2 rings (SSSR count). The van der Waals surface area contributed by atoms with Crippen LogP contribution in [0.3, 0.4) is 0 Å². The van der Waals surface area contributed by atoms with E-state index in [0.29, 0.717) is 0 Å². The average molecular weight is 305 g/mol. The minimum absolute atomic E-state index is 0.220. The number of halogens is 2. The van der Waals surface area contributed by atoms with E-state index >= 15 is 0 Å². The molecule has 13 heavy (non-hydrogen) atoms. The van der Waals surface area contributed by atoms with Crippen LogP contribution >= 0.6 is 33.9 Å². The summed E-state index contributed by atoms with van der Waals surface area (Å²) in [5.74, 6) is -0.220. The average Bonchev–Trinajstić information content (AvgIpc) is 2.52. The zero-order valence-corrected chi connectivity index (χ0v) is 9.47. The Morgan fingerprint density at radius 1 is 1.38 bits per heavy atom. The van der Waals surface area contributed by atoms with Gasteiger partial charge in [-0.15, -0.1) is 11.3 Å². The third-order valence-corrected chi connectivity index (χ3v) is 3.32. The Morgan fingerprint density at radius 2 is 2.23 bits per heavy atom. The smallest absolute Gasteiger partial charge is 0.124 e. The predicted octanol–water partition coefficient (Wildman–Crippen LogP) is 3.55. The predicted molar refractivity (Wildman–Crippen MR) is 60.2 cm³/mol. The summed E-state index contributed by atoms with van der Waals surface area (Å²) >= 11 is 3.76. The van der Waals surface area contributed by atoms with Crippen molar-refractivity contribution in [1.82, 2.24) is 4.98 Å². The van der Waals surface area contributed by atoms with Gasteiger partial charge in [0.05, 0.1) is 9.08 Å². The maximum Gasteiger partial charge on any atom is 0.124 e. The van der Waals surface area contributed by atoms with Crippen LogP contribution in [-0.4, -0.2) is 4.98 Å². The summed E-state index contributed by atoms with van der Waals surface area (Å²) in [6.45, 7) is 0. The van der Waals surface area contributed by atoms with Gasteiger partial charge in [-0.2, -0.15) is 0 Å². The fourth-order valence-electron chi connectivity index (χ4n) is 1.01. The van der Waals surface area contributed by atoms with Crippen molar-refractivity contribution in [3.05, 3.63) is 39.2 Å². The molecule has 4 heteroatoms. The molecule has 0 unspecified atom stereocenters. The van der Waals surface area contributed by atoms with Crippen molar-refractivity contribution in [2.24, 2.45) is 0 Å². The molecule has 0 fully saturated rings. The van der Waals surface area contributed by atoms with E-state index in [-0.39, 0.29) is 5.82 Å². The summed E-state index contributed by atoms with van der Waals surface area (Å²) in [4.78, 5) is 4.17. The van der Waals surface area contributed by atoms with Crippen molar-refractivity contribution < 1.29 is 4.39 Å². The fourth-order valence-corrected chi connectivity index (χ4v) is 2.41. The maximum atomic E-state index is 12.8. The van der Waals surface area contributed by atoms with Crippen molar-refractivity contribution in [3.63, 3.8) is 0 Å². The molecule has 0 aliphatic heterocycles. The molecule has 1 heterocycles. The second kappa shape index (κ2) is 3.71. The lowest BCUT2D eigenvalue weighted by Gasteiger charge is -1.94. The number of rotatable bonds is 1. The summed E-state index contributed by atoms with van der Waals surface area (Å²) in [6.07, 6.45) is 1.78. The molecule has 1 nitrogen and oxygen atoms in total. The lowest BCUT2D eigenvalue weighted by molar-refractivity contribution is 0.628. The first-order valence-corrected chi connectivity index (χ1v) is 5.52. The molecule has 0 saturated carbocycles. The van der Waals surface area contributed by atoms with E-state index in [1.165, 1.54) is 12.1 Å². The summed E-state index contributed by atoms with van der Waals surface area (Å²) in [7, 11) is 0. The third-order valence-electron chi connectivity index (χ3n) is 1.55. The zero-order chi connectivity index (χ0) is 9.26. The molecule has 0 N–H and O–H groups in total. The molecule has 0 atom stereocenters. The van der Waals surface area contributed by atoms with Crippen molar-refractivity contribution in [3.8, 4) is 10.6 Å². The van der Waals surface area contributed by atoms with Crippen molar-refractivity contribution >= 4 is 33.9 Å². The summed E-state index contributed by atoms with van der Waals surface area (Å²) in [6, 6.07) is 6.48. The lowest BCUT2D eigenvalue weighted by atomic mass is 10.2. The Labute approximate surface area is 92.8 Å². The zero-order valence-electron chi connectivity index (χ0n) is 6.50. The van der Waals surface area contributed by atoms with Crippen molar-refractivity contribution in [2.45, 2.75) is 0 Å². The van der Waals surface area contributed by atoms with Crippen LogP contribution in [0.25, 0.3) is 10.6 Å². The molecule has 1 aromatic heterocycles. The highest BCUT2D eigenvalue weighted by Gasteiger charge is 2.03. The highest BCUT2D eigenvalue weighted by atomic mass is 127. The van der Waals surface area contributed by atoms with E-state index in [2.05, 4.69) is 27.6 Å². The van der Waals surface area contributed by atoms with Crippen LogP contribution in [0.4, 0.5) is 4.39 Å². The maximum absolute atomic E-state index is 12.8. The number of thiazole rings is 1. The minimum Gasteiger partial charge on any atom is -0.243 e. The molecular formula is C9H5FINS. The Bertz CT molecular complexity index is 427. The fraction of sp³-hybridized carbons (Fsp3) is 0. The molecule has 1 aromatic carbocycles. The van der Waals surface area contributed by atoms with E-state index in [1.807, 2.05) is 6.07 Å². The lowest BCUT2D eigenvalue weighted by Crippen LogP contribution is -1.77. The van der Waals surface area contributed by atoms with Gasteiger partial charge in [0.1, 0.15) is 10.8 Å². The molecular weight excluding hydrogens is 300 g/mol. The molecule has 0 spiro atoms. The number of hydrogen-bond acceptors (Lipinski definition) is 2. The second-order valence-electron chi connectivity index (χ2n) is 2.48. The monoisotopic (exact) mass is 305 g/mol. The van der Waals surface area contributed by atoms with Gasteiger partial charge in [0.2, 0.25) is 0 Å². The quantitative estimate of drug-likeness (QED) is 0.734. The molecule has 2 aromatic rings. The van der Waals surface area contributed by atoms with E-state index in [0.717, 1.165) is 13.5 Å². The Hall–Kier alpha value is -0.490. The highest BCUT2D eigenvalue weighted by Crippen LogP contribution is 2.26. The van der Waals surface area contributed by atoms with Crippen LogP contribution in [0, 0.1) is 8.70 Å². The Balaban J connectivity index is 2.46. The van der Waals surface area contributed by atoms with Crippen LogP contribution in [0.2, 0.25) is 0 Å². The van der Waals surface area contributed by atoms with Crippen molar-refractivity contribution in [1.29, 1.82) is 0 Å². The number of hydrogen-bond donors (Lipinski definition) is 0. The highest BCUT2D eigenvalue weighted by molar-refractivity contribution is 14.1. The van der Waals surface area contributed by atoms with Gasteiger partial charge < -0.3 is 0 Å². The van der Waals surface area contributed by atoms with E-state index in [9.17, 15) is 4.39 Å². The number of benzene rings is 1. The van der Waals surface area contributed by atoms with Gasteiger partial charge in [0, 0.05) is 5.56 Å². The Morgan fingerprint density at radius 3 is 2.85 bits per heavy atom. The first-order chi connectivity index (χ1) is 6.25. The summed E-state index contributed by atoms with van der Waals surface area (Å²) in [5.41, 5.74) is 0.841. The van der Waals surface area contributed by atoms with Gasteiger partial charge >= 0.3 is 0 Å². The van der Waals surface area contributed by atoms with Crippen LogP contribution in [0.5, 0.6) is 0 Å². The van der Waals surface area contributed by atoms with Crippen LogP contribution in [0.15, 0.2) is 30.5 Å². The van der Waals surface area contributed by atoms with Gasteiger partial charge in [0.25, 0.3) is 0 Å². The SMILES string of the molecule is Fc1cccc(-c2ncc(I)s2)c1. The molecule has 0 aliphatic carbocycles. The largest absolute Gasteiger partial charge is 0.243 e. The molecule has 0 saturated heterocycles. The van der Waals surface area contributed by atoms with Crippen molar-refractivity contribution in [2.75, 3.05) is 0 Å². The topological polar surface area (TPSA) is 12.9 Å². The summed E-state index contributed by atoms with van der Waals surface area (Å²) < 4.78 is 13.9. The van der Waals surface area contributed by atoms with Crippen LogP contribution in [0.1, 0.15) is 0 Å². The van der Waals surface area contributed by atoms with Gasteiger partial charge in [-0.1, -0.05) is 12.1 Å². The molecule has 0 amide bonds. The van der Waals surface area contributed by atoms with Crippen LogP contribution in [-0.2, 0) is 0 Å². The van der Waals surface area contributed by atoms with Gasteiger partial charge in [0.15, 0.2) is 0 Å².